The van der Waals surface area contributed by atoms with Gasteiger partial charge in [-0.3, -0.25) is 4.79 Å². The van der Waals surface area contributed by atoms with Gasteiger partial charge in [0.15, 0.2) is 0 Å². The first kappa shape index (κ1) is 7.10. The second kappa shape index (κ2) is 2.48. The zero-order chi connectivity index (χ0) is 8.55. The van der Waals surface area contributed by atoms with Crippen LogP contribution in [0.5, 0.6) is 0 Å². The number of aromatic nitrogens is 1. The number of aromatic amines is 1. The Kier molecular flexibility index (Phi) is 1.47. The number of nitrogens with one attached hydrogen (secondary N) is 1. The summed E-state index contributed by atoms with van der Waals surface area (Å²) in [5.74, 6) is 0. The highest BCUT2D eigenvalue weighted by atomic mass is 16.1. The fourth-order valence-electron chi connectivity index (χ4n) is 1.27. The van der Waals surface area contributed by atoms with Gasteiger partial charge in [-0.1, -0.05) is 18.2 Å². The Bertz CT molecular complexity index is 470. The summed E-state index contributed by atoms with van der Waals surface area (Å²) in [7, 11) is 0. The van der Waals surface area contributed by atoms with E-state index in [-0.39, 0.29) is 5.56 Å². The van der Waals surface area contributed by atoms with Crippen molar-refractivity contribution in [3.05, 3.63) is 53.3 Å². The molecule has 0 saturated carbocycles. The molecule has 0 spiro atoms. The summed E-state index contributed by atoms with van der Waals surface area (Å²) in [5, 5.41) is 1.65. The van der Waals surface area contributed by atoms with Crippen LogP contribution in [-0.4, -0.2) is 4.98 Å². The van der Waals surface area contributed by atoms with Crippen LogP contribution in [-0.2, 0) is 0 Å². The van der Waals surface area contributed by atoms with Crippen molar-refractivity contribution in [1.82, 2.24) is 4.98 Å². The molecule has 2 heteroatoms. The lowest BCUT2D eigenvalue weighted by Crippen LogP contribution is -2.06. The van der Waals surface area contributed by atoms with Crippen LogP contribution in [0.15, 0.2) is 35.1 Å². The second-order valence-electron chi connectivity index (χ2n) is 2.71. The van der Waals surface area contributed by atoms with E-state index in [1.54, 1.807) is 6.07 Å². The van der Waals surface area contributed by atoms with Gasteiger partial charge in [-0.15, -0.1) is 0 Å². The molecular weight excluding hydrogens is 150 g/mol. The number of fused-ring (bicyclic) bond motifs is 1. The lowest BCUT2D eigenvalue weighted by atomic mass is 10.1. The first-order valence-electron chi connectivity index (χ1n) is 3.71. The van der Waals surface area contributed by atoms with Crippen LogP contribution >= 0.6 is 0 Å². The van der Waals surface area contributed by atoms with Crippen LogP contribution in [0.4, 0.5) is 0 Å². The van der Waals surface area contributed by atoms with E-state index in [0.29, 0.717) is 11.1 Å². The number of H-pyrrole nitrogens is 1. The van der Waals surface area contributed by atoms with Crippen molar-refractivity contribution < 1.29 is 0 Å². The lowest BCUT2D eigenvalue weighted by Gasteiger charge is -1.96. The van der Waals surface area contributed by atoms with E-state index in [4.69, 9.17) is 0 Å². The van der Waals surface area contributed by atoms with E-state index in [1.807, 2.05) is 24.3 Å². The van der Waals surface area contributed by atoms with Gasteiger partial charge in [0.05, 0.1) is 0 Å². The molecule has 0 aliphatic heterocycles. The summed E-state index contributed by atoms with van der Waals surface area (Å²) in [6, 6.07) is 9.31. The molecule has 2 aromatic rings. The zero-order valence-corrected chi connectivity index (χ0v) is 6.50. The third-order valence-corrected chi connectivity index (χ3v) is 1.81. The Morgan fingerprint density at radius 3 is 2.83 bits per heavy atom. The van der Waals surface area contributed by atoms with Gasteiger partial charge in [-0.2, -0.15) is 0 Å². The molecule has 59 valence electrons. The Labute approximate surface area is 69.9 Å². The molecule has 1 radical (unpaired) electrons. The maximum atomic E-state index is 11.3. The van der Waals surface area contributed by atoms with Crippen molar-refractivity contribution in [3.63, 3.8) is 0 Å². The molecule has 0 aliphatic rings. The molecule has 0 atom stereocenters. The monoisotopic (exact) mass is 158 g/mol. The molecule has 1 N–H and O–H groups in total. The third kappa shape index (κ3) is 1.01. The average molecular weight is 158 g/mol. The van der Waals surface area contributed by atoms with Gasteiger partial charge in [0.2, 0.25) is 0 Å². The molecule has 0 bridgehead atoms. The predicted octanol–water partition coefficient (Wildman–Crippen LogP) is 1.71. The molecule has 1 heterocycles. The fourth-order valence-corrected chi connectivity index (χ4v) is 1.27. The molecule has 0 fully saturated rings. The van der Waals surface area contributed by atoms with E-state index in [0.717, 1.165) is 5.39 Å². The van der Waals surface area contributed by atoms with Crippen molar-refractivity contribution in [2.24, 2.45) is 0 Å². The molecule has 2 rings (SSSR count). The number of rotatable bonds is 0. The molecule has 0 saturated heterocycles. The van der Waals surface area contributed by atoms with Crippen LogP contribution in [0.1, 0.15) is 5.69 Å². The van der Waals surface area contributed by atoms with Gasteiger partial charge in [0.1, 0.15) is 0 Å². The van der Waals surface area contributed by atoms with Gasteiger partial charge in [-0.05, 0) is 24.4 Å². The molecule has 0 amide bonds. The van der Waals surface area contributed by atoms with Crippen molar-refractivity contribution in [2.75, 3.05) is 0 Å². The van der Waals surface area contributed by atoms with E-state index >= 15 is 0 Å². The van der Waals surface area contributed by atoms with E-state index < -0.39 is 0 Å². The van der Waals surface area contributed by atoms with E-state index in [2.05, 4.69) is 11.9 Å². The van der Waals surface area contributed by atoms with Crippen molar-refractivity contribution in [2.45, 2.75) is 0 Å². The Balaban J connectivity index is 2.99. The zero-order valence-electron chi connectivity index (χ0n) is 6.50. The minimum absolute atomic E-state index is 0.0712. The number of pyridine rings is 1. The molecular formula is C10H8NO. The first-order chi connectivity index (χ1) is 5.77. The maximum Gasteiger partial charge on any atom is 0.256 e. The quantitative estimate of drug-likeness (QED) is 0.622. The highest BCUT2D eigenvalue weighted by molar-refractivity contribution is 5.81. The topological polar surface area (TPSA) is 32.9 Å². The Morgan fingerprint density at radius 1 is 1.25 bits per heavy atom. The van der Waals surface area contributed by atoms with Crippen LogP contribution in [0.3, 0.4) is 0 Å². The summed E-state index contributed by atoms with van der Waals surface area (Å²) in [6.45, 7) is 3.68. The fraction of sp³-hybridized carbons (Fsp3) is 0. The highest BCUT2D eigenvalue weighted by Crippen LogP contribution is 2.08. The van der Waals surface area contributed by atoms with Crippen LogP contribution < -0.4 is 5.56 Å². The lowest BCUT2D eigenvalue weighted by molar-refractivity contribution is 1.23. The van der Waals surface area contributed by atoms with Crippen LogP contribution in [0, 0.1) is 6.92 Å². The summed E-state index contributed by atoms with van der Waals surface area (Å²) in [5.41, 5.74) is 0.580. The normalized spacial score (nSPS) is 10.4. The minimum Gasteiger partial charge on any atom is -0.326 e. The highest BCUT2D eigenvalue weighted by Gasteiger charge is 1.96. The number of benzene rings is 1. The predicted molar refractivity (Wildman–Crippen MR) is 49.0 cm³/mol. The first-order valence-corrected chi connectivity index (χ1v) is 3.71. The SMILES string of the molecule is [CH2]c1cc2ccccc2c(=O)[nH]1. The summed E-state index contributed by atoms with van der Waals surface area (Å²) < 4.78 is 0. The number of hydrogen-bond acceptors (Lipinski definition) is 1. The van der Waals surface area contributed by atoms with Gasteiger partial charge in [0.25, 0.3) is 5.56 Å². The van der Waals surface area contributed by atoms with Gasteiger partial charge >= 0.3 is 0 Å². The third-order valence-electron chi connectivity index (χ3n) is 1.81. The molecule has 1 aromatic carbocycles. The van der Waals surface area contributed by atoms with Crippen molar-refractivity contribution in [1.29, 1.82) is 0 Å². The smallest absolute Gasteiger partial charge is 0.256 e. The van der Waals surface area contributed by atoms with Crippen LogP contribution in [0.2, 0.25) is 0 Å². The summed E-state index contributed by atoms with van der Waals surface area (Å²) >= 11 is 0. The minimum atomic E-state index is -0.0712. The van der Waals surface area contributed by atoms with Crippen molar-refractivity contribution in [3.8, 4) is 0 Å². The molecule has 2 nitrogen and oxygen atoms in total. The molecule has 1 aromatic heterocycles. The van der Waals surface area contributed by atoms with E-state index in [1.165, 1.54) is 0 Å². The Hall–Kier alpha value is -1.57. The standard InChI is InChI=1S/C10H8NO/c1-7-6-8-4-2-3-5-9(8)10(12)11-7/h2-6H,1H2,(H,11,12). The summed E-state index contributed by atoms with van der Waals surface area (Å²) in [4.78, 5) is 14.0. The average Bonchev–Trinajstić information content (AvgIpc) is 2.04. The number of hydrogen-bond donors (Lipinski definition) is 1. The molecule has 12 heavy (non-hydrogen) atoms. The van der Waals surface area contributed by atoms with Gasteiger partial charge < -0.3 is 4.98 Å². The van der Waals surface area contributed by atoms with E-state index in [9.17, 15) is 4.79 Å². The molecule has 0 unspecified atom stereocenters. The molecule has 0 aliphatic carbocycles. The maximum absolute atomic E-state index is 11.3. The van der Waals surface area contributed by atoms with Crippen LogP contribution in [0.25, 0.3) is 10.8 Å². The Morgan fingerprint density at radius 2 is 2.00 bits per heavy atom. The second-order valence-corrected chi connectivity index (χ2v) is 2.71. The van der Waals surface area contributed by atoms with Gasteiger partial charge in [0, 0.05) is 11.1 Å². The van der Waals surface area contributed by atoms with Gasteiger partial charge in [-0.25, -0.2) is 0 Å². The van der Waals surface area contributed by atoms with Crippen molar-refractivity contribution >= 4 is 10.8 Å². The largest absolute Gasteiger partial charge is 0.326 e. The summed E-state index contributed by atoms with van der Waals surface area (Å²) in [6.07, 6.45) is 0.